The molecule has 12 rings (SSSR count). The summed E-state index contributed by atoms with van der Waals surface area (Å²) in [5.41, 5.74) is 15.5. The lowest BCUT2D eigenvalue weighted by atomic mass is 9.82. The van der Waals surface area contributed by atoms with Crippen LogP contribution in [0.25, 0.3) is 111 Å². The lowest BCUT2D eigenvalue weighted by Gasteiger charge is -2.21. The molecule has 0 N–H and O–H groups in total. The average molecular weight is 758 g/mol. The van der Waals surface area contributed by atoms with Crippen molar-refractivity contribution in [1.82, 2.24) is 15.0 Å². The predicted octanol–water partition coefficient (Wildman–Crippen LogP) is 14.3. The van der Waals surface area contributed by atoms with Gasteiger partial charge >= 0.3 is 0 Å². The summed E-state index contributed by atoms with van der Waals surface area (Å²) in [4.78, 5) is 15.7. The molecular weight excluding hydrogens is 723 g/mol. The fourth-order valence-corrected chi connectivity index (χ4v) is 9.28. The van der Waals surface area contributed by atoms with Crippen LogP contribution in [0.3, 0.4) is 0 Å². The topological polar surface area (TPSA) is 65.0 Å². The maximum absolute atomic E-state index is 6.64. The molecule has 0 amide bonds. The van der Waals surface area contributed by atoms with E-state index in [-0.39, 0.29) is 5.41 Å². The summed E-state index contributed by atoms with van der Waals surface area (Å²) in [6, 6.07) is 61.4. The molecule has 59 heavy (non-hydrogen) atoms. The molecule has 0 saturated carbocycles. The molecule has 5 nitrogen and oxygen atoms in total. The van der Waals surface area contributed by atoms with E-state index in [4.69, 9.17) is 23.8 Å². The predicted molar refractivity (Wildman–Crippen MR) is 239 cm³/mol. The molecule has 0 radical (unpaired) electrons. The third-order valence-electron chi connectivity index (χ3n) is 12.2. The van der Waals surface area contributed by atoms with E-state index in [1.54, 1.807) is 0 Å². The van der Waals surface area contributed by atoms with Crippen LogP contribution in [0, 0.1) is 0 Å². The summed E-state index contributed by atoms with van der Waals surface area (Å²) in [6.45, 7) is 4.59. The molecule has 278 valence electrons. The average Bonchev–Trinajstić information content (AvgIpc) is 3.94. The highest BCUT2D eigenvalue weighted by Gasteiger charge is 2.35. The number of furan rings is 2. The van der Waals surface area contributed by atoms with Crippen LogP contribution in [0.5, 0.6) is 0 Å². The van der Waals surface area contributed by atoms with Crippen molar-refractivity contribution in [1.29, 1.82) is 0 Å². The maximum Gasteiger partial charge on any atom is 0.164 e. The van der Waals surface area contributed by atoms with Gasteiger partial charge in [-0.25, -0.2) is 15.0 Å². The Balaban J connectivity index is 1.04. The van der Waals surface area contributed by atoms with E-state index < -0.39 is 0 Å². The van der Waals surface area contributed by atoms with Gasteiger partial charge in [-0.1, -0.05) is 147 Å². The van der Waals surface area contributed by atoms with Gasteiger partial charge in [-0.05, 0) is 87.0 Å². The molecule has 0 aliphatic heterocycles. The molecule has 0 saturated heterocycles. The lowest BCUT2D eigenvalue weighted by Crippen LogP contribution is -2.14. The lowest BCUT2D eigenvalue weighted by molar-refractivity contribution is 0.660. The Morgan fingerprint density at radius 1 is 0.339 bits per heavy atom. The van der Waals surface area contributed by atoms with Gasteiger partial charge in [-0.15, -0.1) is 0 Å². The molecule has 0 bridgehead atoms. The third-order valence-corrected chi connectivity index (χ3v) is 12.2. The van der Waals surface area contributed by atoms with Crippen LogP contribution in [0.4, 0.5) is 0 Å². The second kappa shape index (κ2) is 12.7. The van der Waals surface area contributed by atoms with E-state index >= 15 is 0 Å². The van der Waals surface area contributed by atoms with Crippen molar-refractivity contribution >= 4 is 43.9 Å². The van der Waals surface area contributed by atoms with Crippen molar-refractivity contribution in [3.63, 3.8) is 0 Å². The first-order chi connectivity index (χ1) is 29.0. The molecular formula is C54H35N3O2. The number of nitrogens with zero attached hydrogens (tertiary/aromatic N) is 3. The monoisotopic (exact) mass is 757 g/mol. The third kappa shape index (κ3) is 5.21. The van der Waals surface area contributed by atoms with E-state index in [9.17, 15) is 0 Å². The van der Waals surface area contributed by atoms with Crippen LogP contribution >= 0.6 is 0 Å². The van der Waals surface area contributed by atoms with Crippen LogP contribution in [-0.4, -0.2) is 15.0 Å². The Hall–Kier alpha value is -7.63. The second-order valence-electron chi connectivity index (χ2n) is 16.0. The summed E-state index contributed by atoms with van der Waals surface area (Å²) in [5.74, 6) is 1.74. The number of hydrogen-bond acceptors (Lipinski definition) is 5. The molecule has 1 aliphatic carbocycles. The Labute approximate surface area is 340 Å². The standard InChI is InChI=1S/C54H35N3O2/c1-54(2)43-21-8-6-17-38(43)42-30-35(26-28-44(42)54)51-55-52(57-53(56-51)41-20-12-24-47-50(41)39-18-7-9-22-45(39)58-47)36-25-27-40-48(31-36)59-46-23-11-19-37(49(40)46)34-16-10-15-33(29-34)32-13-4-3-5-14-32/h3-31H,1-2H3. The molecule has 0 fully saturated rings. The van der Waals surface area contributed by atoms with Gasteiger partial charge in [-0.3, -0.25) is 0 Å². The molecule has 11 aromatic rings. The maximum atomic E-state index is 6.64. The molecule has 8 aromatic carbocycles. The Kier molecular flexibility index (Phi) is 7.20. The first-order valence-corrected chi connectivity index (χ1v) is 20.0. The summed E-state index contributed by atoms with van der Waals surface area (Å²) in [5, 5.41) is 4.11. The number of para-hydroxylation sites is 1. The SMILES string of the molecule is CC1(C)c2ccccc2-c2cc(-c3nc(-c4ccc5c(c4)oc4cccc(-c6cccc(-c7ccccc7)c6)c45)nc(-c4cccc5oc6ccccc6c45)n3)ccc21. The minimum Gasteiger partial charge on any atom is -0.456 e. The smallest absolute Gasteiger partial charge is 0.164 e. The van der Waals surface area contributed by atoms with Gasteiger partial charge in [0.25, 0.3) is 0 Å². The highest BCUT2D eigenvalue weighted by molar-refractivity contribution is 6.14. The molecule has 0 unspecified atom stereocenters. The Bertz CT molecular complexity index is 3480. The van der Waals surface area contributed by atoms with E-state index in [1.165, 1.54) is 33.4 Å². The molecule has 0 atom stereocenters. The number of benzene rings is 8. The summed E-state index contributed by atoms with van der Waals surface area (Å²) in [6.07, 6.45) is 0. The summed E-state index contributed by atoms with van der Waals surface area (Å²) < 4.78 is 12.9. The fraction of sp³-hybridized carbons (Fsp3) is 0.0556. The second-order valence-corrected chi connectivity index (χ2v) is 16.0. The van der Waals surface area contributed by atoms with Crippen LogP contribution < -0.4 is 0 Å². The van der Waals surface area contributed by atoms with Crippen molar-refractivity contribution in [2.45, 2.75) is 19.3 Å². The van der Waals surface area contributed by atoms with E-state index in [0.29, 0.717) is 17.5 Å². The highest BCUT2D eigenvalue weighted by atomic mass is 16.3. The van der Waals surface area contributed by atoms with Gasteiger partial charge in [0.15, 0.2) is 17.5 Å². The number of aromatic nitrogens is 3. The zero-order chi connectivity index (χ0) is 39.2. The molecule has 5 heteroatoms. The van der Waals surface area contributed by atoms with Crippen molar-refractivity contribution < 1.29 is 8.83 Å². The van der Waals surface area contributed by atoms with Crippen LogP contribution in [0.1, 0.15) is 25.0 Å². The van der Waals surface area contributed by atoms with E-state index in [1.807, 2.05) is 42.5 Å². The van der Waals surface area contributed by atoms with Gasteiger partial charge in [0.2, 0.25) is 0 Å². The summed E-state index contributed by atoms with van der Waals surface area (Å²) in [7, 11) is 0. The van der Waals surface area contributed by atoms with Gasteiger partial charge < -0.3 is 8.83 Å². The number of hydrogen-bond donors (Lipinski definition) is 0. The Morgan fingerprint density at radius 3 is 1.75 bits per heavy atom. The first-order valence-electron chi connectivity index (χ1n) is 20.0. The molecule has 1 aliphatic rings. The van der Waals surface area contributed by atoms with Gasteiger partial charge in [0.1, 0.15) is 22.3 Å². The van der Waals surface area contributed by atoms with Crippen molar-refractivity contribution in [2.75, 3.05) is 0 Å². The van der Waals surface area contributed by atoms with Gasteiger partial charge in [0.05, 0.1) is 0 Å². The first kappa shape index (κ1) is 33.5. The van der Waals surface area contributed by atoms with E-state index in [2.05, 4.69) is 147 Å². The number of fused-ring (bicyclic) bond motifs is 9. The van der Waals surface area contributed by atoms with Gasteiger partial charge in [0, 0.05) is 43.7 Å². The van der Waals surface area contributed by atoms with Crippen LogP contribution in [0.15, 0.2) is 185 Å². The van der Waals surface area contributed by atoms with E-state index in [0.717, 1.165) is 71.7 Å². The van der Waals surface area contributed by atoms with Gasteiger partial charge in [-0.2, -0.15) is 0 Å². The summed E-state index contributed by atoms with van der Waals surface area (Å²) >= 11 is 0. The van der Waals surface area contributed by atoms with Crippen LogP contribution in [-0.2, 0) is 5.41 Å². The van der Waals surface area contributed by atoms with Crippen molar-refractivity contribution in [3.8, 4) is 67.5 Å². The normalized spacial score (nSPS) is 13.1. The minimum atomic E-state index is -0.107. The molecule has 3 heterocycles. The fourth-order valence-electron chi connectivity index (χ4n) is 9.28. The molecule has 3 aromatic heterocycles. The van der Waals surface area contributed by atoms with Crippen LogP contribution in [0.2, 0.25) is 0 Å². The zero-order valence-electron chi connectivity index (χ0n) is 32.4. The quantitative estimate of drug-likeness (QED) is 0.175. The van der Waals surface area contributed by atoms with Crippen molar-refractivity contribution in [3.05, 3.63) is 187 Å². The minimum absolute atomic E-state index is 0.107. The number of rotatable bonds is 5. The van der Waals surface area contributed by atoms with Crippen molar-refractivity contribution in [2.24, 2.45) is 0 Å². The molecule has 0 spiro atoms. The Morgan fingerprint density at radius 2 is 0.898 bits per heavy atom. The highest BCUT2D eigenvalue weighted by Crippen LogP contribution is 2.49. The largest absolute Gasteiger partial charge is 0.456 e. The zero-order valence-corrected chi connectivity index (χ0v) is 32.4.